The standard InChI is InChI=1S/C15H28N2O/c1-10-7-12(9-13(16)8-10)15(18)17-14-6-4-3-5-11(14)2/h10-14H,3-9,16H2,1-2H3,(H,17,18). The fraction of sp³-hybridized carbons (Fsp3) is 0.933. The Morgan fingerprint density at radius 1 is 1.11 bits per heavy atom. The van der Waals surface area contributed by atoms with E-state index in [9.17, 15) is 4.79 Å². The van der Waals surface area contributed by atoms with E-state index in [0.29, 0.717) is 17.9 Å². The van der Waals surface area contributed by atoms with Gasteiger partial charge in [0.05, 0.1) is 0 Å². The molecule has 5 atom stereocenters. The molecule has 2 saturated carbocycles. The Hall–Kier alpha value is -0.570. The van der Waals surface area contributed by atoms with Gasteiger partial charge in [0.25, 0.3) is 0 Å². The number of carbonyl (C=O) groups is 1. The van der Waals surface area contributed by atoms with Crippen molar-refractivity contribution in [2.45, 2.75) is 70.9 Å². The largest absolute Gasteiger partial charge is 0.353 e. The molecule has 0 aromatic carbocycles. The molecular formula is C15H28N2O. The van der Waals surface area contributed by atoms with Gasteiger partial charge >= 0.3 is 0 Å². The summed E-state index contributed by atoms with van der Waals surface area (Å²) in [6.07, 6.45) is 7.95. The molecule has 0 bridgehead atoms. The Morgan fingerprint density at radius 3 is 2.50 bits per heavy atom. The zero-order valence-corrected chi connectivity index (χ0v) is 11.8. The highest BCUT2D eigenvalue weighted by Gasteiger charge is 2.31. The normalized spacial score (nSPS) is 41.4. The first-order chi connectivity index (χ1) is 8.56. The summed E-state index contributed by atoms with van der Waals surface area (Å²) in [6.45, 7) is 4.47. The van der Waals surface area contributed by atoms with E-state index in [1.54, 1.807) is 0 Å². The lowest BCUT2D eigenvalue weighted by Gasteiger charge is -2.34. The van der Waals surface area contributed by atoms with E-state index in [1.807, 2.05) is 0 Å². The van der Waals surface area contributed by atoms with Crippen molar-refractivity contribution < 1.29 is 4.79 Å². The molecule has 5 unspecified atom stereocenters. The Labute approximate surface area is 111 Å². The van der Waals surface area contributed by atoms with Crippen LogP contribution in [-0.2, 0) is 4.79 Å². The molecule has 0 radical (unpaired) electrons. The zero-order valence-electron chi connectivity index (χ0n) is 11.8. The quantitative estimate of drug-likeness (QED) is 0.793. The average Bonchev–Trinajstić information content (AvgIpc) is 2.31. The molecule has 3 heteroatoms. The highest BCUT2D eigenvalue weighted by molar-refractivity contribution is 5.79. The van der Waals surface area contributed by atoms with Gasteiger partial charge in [0.15, 0.2) is 0 Å². The first kappa shape index (κ1) is 13.9. The lowest BCUT2D eigenvalue weighted by molar-refractivity contribution is -0.127. The van der Waals surface area contributed by atoms with Gasteiger partial charge in [-0.3, -0.25) is 4.79 Å². The van der Waals surface area contributed by atoms with Crippen LogP contribution >= 0.6 is 0 Å². The molecule has 0 aromatic heterocycles. The molecule has 2 fully saturated rings. The molecule has 1 amide bonds. The number of nitrogens with one attached hydrogen (secondary N) is 1. The number of nitrogens with two attached hydrogens (primary N) is 1. The summed E-state index contributed by atoms with van der Waals surface area (Å²) in [5, 5.41) is 3.28. The van der Waals surface area contributed by atoms with Crippen LogP contribution in [0, 0.1) is 17.8 Å². The van der Waals surface area contributed by atoms with Crippen LogP contribution in [0.1, 0.15) is 58.8 Å². The van der Waals surface area contributed by atoms with Gasteiger partial charge in [-0.25, -0.2) is 0 Å². The topological polar surface area (TPSA) is 55.1 Å². The van der Waals surface area contributed by atoms with Crippen LogP contribution in [0.5, 0.6) is 0 Å². The van der Waals surface area contributed by atoms with E-state index in [2.05, 4.69) is 19.2 Å². The van der Waals surface area contributed by atoms with Crippen LogP contribution in [0.3, 0.4) is 0 Å². The summed E-state index contributed by atoms with van der Waals surface area (Å²) in [6, 6.07) is 0.619. The molecule has 104 valence electrons. The first-order valence-corrected chi connectivity index (χ1v) is 7.62. The summed E-state index contributed by atoms with van der Waals surface area (Å²) in [5.74, 6) is 1.64. The van der Waals surface area contributed by atoms with Crippen molar-refractivity contribution >= 4 is 5.91 Å². The van der Waals surface area contributed by atoms with Gasteiger partial charge < -0.3 is 11.1 Å². The van der Waals surface area contributed by atoms with Crippen molar-refractivity contribution in [3.05, 3.63) is 0 Å². The Kier molecular flexibility index (Phi) is 4.66. The van der Waals surface area contributed by atoms with E-state index < -0.39 is 0 Å². The summed E-state index contributed by atoms with van der Waals surface area (Å²) in [5.41, 5.74) is 6.03. The number of hydrogen-bond donors (Lipinski definition) is 2. The summed E-state index contributed by atoms with van der Waals surface area (Å²) in [7, 11) is 0. The third kappa shape index (κ3) is 3.47. The molecule has 0 heterocycles. The molecule has 2 aliphatic rings. The van der Waals surface area contributed by atoms with E-state index in [0.717, 1.165) is 25.7 Å². The van der Waals surface area contributed by atoms with Crippen LogP contribution in [0.25, 0.3) is 0 Å². The predicted octanol–water partition coefficient (Wildman–Crippen LogP) is 2.44. The monoisotopic (exact) mass is 252 g/mol. The van der Waals surface area contributed by atoms with Gasteiger partial charge in [-0.15, -0.1) is 0 Å². The molecule has 0 aromatic rings. The second-order valence-electron chi connectivity index (χ2n) is 6.65. The maximum Gasteiger partial charge on any atom is 0.223 e. The minimum absolute atomic E-state index is 0.151. The van der Waals surface area contributed by atoms with E-state index in [-0.39, 0.29) is 17.9 Å². The molecule has 3 nitrogen and oxygen atoms in total. The molecule has 2 aliphatic carbocycles. The van der Waals surface area contributed by atoms with Crippen LogP contribution in [0.4, 0.5) is 0 Å². The minimum atomic E-state index is 0.151. The molecule has 0 saturated heterocycles. The van der Waals surface area contributed by atoms with E-state index in [1.165, 1.54) is 19.3 Å². The second-order valence-corrected chi connectivity index (χ2v) is 6.65. The van der Waals surface area contributed by atoms with Gasteiger partial charge in [-0.1, -0.05) is 26.7 Å². The number of hydrogen-bond acceptors (Lipinski definition) is 2. The Balaban J connectivity index is 1.86. The lowest BCUT2D eigenvalue weighted by Crippen LogP contribution is -2.46. The number of amides is 1. The summed E-state index contributed by atoms with van der Waals surface area (Å²) < 4.78 is 0. The minimum Gasteiger partial charge on any atom is -0.353 e. The molecule has 3 N–H and O–H groups in total. The van der Waals surface area contributed by atoms with Crippen molar-refractivity contribution in [2.24, 2.45) is 23.5 Å². The van der Waals surface area contributed by atoms with Crippen LogP contribution < -0.4 is 11.1 Å². The van der Waals surface area contributed by atoms with Gasteiger partial charge in [0, 0.05) is 18.0 Å². The summed E-state index contributed by atoms with van der Waals surface area (Å²) >= 11 is 0. The van der Waals surface area contributed by atoms with Crippen LogP contribution in [0.2, 0.25) is 0 Å². The zero-order chi connectivity index (χ0) is 13.1. The number of rotatable bonds is 2. The smallest absolute Gasteiger partial charge is 0.223 e. The van der Waals surface area contributed by atoms with E-state index in [4.69, 9.17) is 5.73 Å². The van der Waals surface area contributed by atoms with Crippen molar-refractivity contribution in [3.8, 4) is 0 Å². The fourth-order valence-electron chi connectivity index (χ4n) is 3.70. The lowest BCUT2D eigenvalue weighted by atomic mass is 9.78. The first-order valence-electron chi connectivity index (χ1n) is 7.62. The van der Waals surface area contributed by atoms with Gasteiger partial charge in [-0.05, 0) is 43.9 Å². The number of carbonyl (C=O) groups excluding carboxylic acids is 1. The van der Waals surface area contributed by atoms with Crippen molar-refractivity contribution in [1.82, 2.24) is 5.32 Å². The maximum absolute atomic E-state index is 12.3. The van der Waals surface area contributed by atoms with Crippen molar-refractivity contribution in [2.75, 3.05) is 0 Å². The summed E-state index contributed by atoms with van der Waals surface area (Å²) in [4.78, 5) is 12.3. The van der Waals surface area contributed by atoms with E-state index >= 15 is 0 Å². The highest BCUT2D eigenvalue weighted by Crippen LogP contribution is 2.29. The van der Waals surface area contributed by atoms with Crippen molar-refractivity contribution in [3.63, 3.8) is 0 Å². The molecular weight excluding hydrogens is 224 g/mol. The second kappa shape index (κ2) is 6.05. The third-order valence-corrected chi connectivity index (χ3v) is 4.79. The highest BCUT2D eigenvalue weighted by atomic mass is 16.1. The Bertz CT molecular complexity index is 282. The average molecular weight is 252 g/mol. The van der Waals surface area contributed by atoms with Gasteiger partial charge in [0.2, 0.25) is 5.91 Å². The van der Waals surface area contributed by atoms with Gasteiger partial charge in [0.1, 0.15) is 0 Å². The maximum atomic E-state index is 12.3. The third-order valence-electron chi connectivity index (χ3n) is 4.79. The van der Waals surface area contributed by atoms with Crippen LogP contribution in [-0.4, -0.2) is 18.0 Å². The fourth-order valence-corrected chi connectivity index (χ4v) is 3.70. The van der Waals surface area contributed by atoms with Gasteiger partial charge in [-0.2, -0.15) is 0 Å². The molecule has 2 rings (SSSR count). The SMILES string of the molecule is CC1CC(N)CC(C(=O)NC2CCCCC2C)C1. The Morgan fingerprint density at radius 2 is 1.83 bits per heavy atom. The van der Waals surface area contributed by atoms with Crippen molar-refractivity contribution in [1.29, 1.82) is 0 Å². The molecule has 0 spiro atoms. The molecule has 18 heavy (non-hydrogen) atoms. The molecule has 0 aliphatic heterocycles. The van der Waals surface area contributed by atoms with Crippen LogP contribution in [0.15, 0.2) is 0 Å². The predicted molar refractivity (Wildman–Crippen MR) is 74.0 cm³/mol.